The van der Waals surface area contributed by atoms with Gasteiger partial charge in [-0.05, 0) is 73.2 Å². The Morgan fingerprint density at radius 3 is 2.04 bits per heavy atom. The first kappa shape index (κ1) is 35.5. The number of primary amides is 1. The van der Waals surface area contributed by atoms with E-state index < -0.39 is 105 Å². The van der Waals surface area contributed by atoms with Crippen molar-refractivity contribution in [3.8, 4) is 5.75 Å². The van der Waals surface area contributed by atoms with Crippen LogP contribution in [0.3, 0.4) is 0 Å². The van der Waals surface area contributed by atoms with Gasteiger partial charge in [-0.3, -0.25) is 28.9 Å². The van der Waals surface area contributed by atoms with E-state index in [1.165, 1.54) is 31.1 Å². The van der Waals surface area contributed by atoms with E-state index in [0.717, 1.165) is 0 Å². The number of ketones is 4. The quantitative estimate of drug-likeness (QED) is 0.196. The second kappa shape index (κ2) is 11.7. The predicted molar refractivity (Wildman–Crippen MR) is 167 cm³/mol. The summed E-state index contributed by atoms with van der Waals surface area (Å²) >= 11 is 0. The second-order valence-corrected chi connectivity index (χ2v) is 14.9. The van der Waals surface area contributed by atoms with Crippen molar-refractivity contribution >= 4 is 46.9 Å². The van der Waals surface area contributed by atoms with Gasteiger partial charge in [0.25, 0.3) is 0 Å². The third-order valence-electron chi connectivity index (χ3n) is 8.92. The van der Waals surface area contributed by atoms with Crippen molar-refractivity contribution in [1.29, 1.82) is 0 Å². The van der Waals surface area contributed by atoms with E-state index in [9.17, 15) is 43.8 Å². The summed E-state index contributed by atoms with van der Waals surface area (Å²) in [6, 6.07) is 0.639. The zero-order chi connectivity index (χ0) is 35.7. The Morgan fingerprint density at radius 1 is 0.957 bits per heavy atom. The Labute approximate surface area is 271 Å². The van der Waals surface area contributed by atoms with Gasteiger partial charge in [0.15, 0.2) is 23.3 Å². The van der Waals surface area contributed by atoms with Crippen LogP contribution in [0.5, 0.6) is 5.75 Å². The molecule has 4 rings (SSSR count). The van der Waals surface area contributed by atoms with Crippen LogP contribution in [-0.2, 0) is 23.9 Å². The molecule has 4 amide bonds. The van der Waals surface area contributed by atoms with Crippen molar-refractivity contribution in [1.82, 2.24) is 15.5 Å². The molecule has 0 aliphatic heterocycles. The summed E-state index contributed by atoms with van der Waals surface area (Å²) in [4.78, 5) is 96.8. The highest BCUT2D eigenvalue weighted by Crippen LogP contribution is 2.56. The molecule has 0 radical (unpaired) electrons. The molecular weight excluding hydrogens is 614 g/mol. The molecule has 2 unspecified atom stereocenters. The summed E-state index contributed by atoms with van der Waals surface area (Å²) in [6.07, 6.45) is -3.07. The Morgan fingerprint density at radius 2 is 1.53 bits per heavy atom. The first-order valence-corrected chi connectivity index (χ1v) is 15.2. The van der Waals surface area contributed by atoms with Crippen LogP contribution in [-0.4, -0.2) is 99.2 Å². The van der Waals surface area contributed by atoms with Gasteiger partial charge in [0, 0.05) is 17.0 Å². The first-order chi connectivity index (χ1) is 21.5. The zero-order valence-electron chi connectivity index (χ0n) is 27.9. The number of hydrogen-bond acceptors (Lipinski definition) is 11. The molecule has 256 valence electrons. The average molecular weight is 658 g/mol. The van der Waals surface area contributed by atoms with Gasteiger partial charge in [0.05, 0.1) is 35.2 Å². The van der Waals surface area contributed by atoms with E-state index in [2.05, 4.69) is 16.0 Å². The van der Waals surface area contributed by atoms with E-state index in [-0.39, 0.29) is 16.8 Å². The van der Waals surface area contributed by atoms with Gasteiger partial charge in [-0.1, -0.05) is 13.0 Å². The molecule has 3 aliphatic rings. The number of ether oxygens (including phenoxy) is 1. The summed E-state index contributed by atoms with van der Waals surface area (Å²) in [5, 5.41) is 31.0. The highest BCUT2D eigenvalue weighted by atomic mass is 16.6. The maximum absolute atomic E-state index is 14.8. The smallest absolute Gasteiger partial charge is 0.409 e. The van der Waals surface area contributed by atoms with Crippen LogP contribution < -0.4 is 21.7 Å². The highest BCUT2D eigenvalue weighted by Gasteiger charge is 2.75. The lowest BCUT2D eigenvalue weighted by Crippen LogP contribution is -2.79. The Kier molecular flexibility index (Phi) is 8.84. The number of aliphatic hydroxyl groups is 1. The standard InChI is InChI=1S/C32H43N5O10/c1-12-13-10-11-14(34-28(45)35-30(2,3)4)21(38)16(13)22(39)17-15(12)23(40)19-20(37(8)9)24(41)18(27(33)44)26(43)32(19,25(17)42)47-29(46)36-31(5,6)7/h10-12,15,17-20,23,38,40H,1-9H3,(H2,33,44)(H,36,46)(H2,34,35,45)/t12-,15+,17?,18?,19+,20-,23-,32-/m1/s1. The van der Waals surface area contributed by atoms with Crippen molar-refractivity contribution in [3.05, 3.63) is 23.3 Å². The number of benzene rings is 1. The summed E-state index contributed by atoms with van der Waals surface area (Å²) in [5.41, 5.74) is 0.672. The number of likely N-dealkylation sites (N-methyl/N-ethyl adjacent to an activating group) is 1. The van der Waals surface area contributed by atoms with Gasteiger partial charge < -0.3 is 36.6 Å². The number of anilines is 1. The van der Waals surface area contributed by atoms with E-state index >= 15 is 0 Å². The van der Waals surface area contributed by atoms with Crippen molar-refractivity contribution < 1.29 is 48.5 Å². The lowest BCUT2D eigenvalue weighted by Gasteiger charge is -2.56. The van der Waals surface area contributed by atoms with Crippen LogP contribution in [0.2, 0.25) is 0 Å². The molecule has 0 heterocycles. The Balaban J connectivity index is 1.94. The third-order valence-corrected chi connectivity index (χ3v) is 8.92. The van der Waals surface area contributed by atoms with Crippen LogP contribution >= 0.6 is 0 Å². The zero-order valence-corrected chi connectivity index (χ0v) is 27.9. The molecule has 0 spiro atoms. The van der Waals surface area contributed by atoms with Gasteiger partial charge in [-0.2, -0.15) is 0 Å². The van der Waals surface area contributed by atoms with Gasteiger partial charge >= 0.3 is 12.1 Å². The average Bonchev–Trinajstić information content (AvgIpc) is 2.89. The minimum Gasteiger partial charge on any atom is -0.505 e. The first-order valence-electron chi connectivity index (χ1n) is 15.2. The molecule has 0 aromatic heterocycles. The number of alkyl carbamates (subject to hydrolysis) is 1. The van der Waals surface area contributed by atoms with Gasteiger partial charge in [0.1, 0.15) is 5.75 Å². The number of aromatic hydroxyl groups is 1. The van der Waals surface area contributed by atoms with Crippen LogP contribution in [0, 0.1) is 23.7 Å². The number of urea groups is 1. The van der Waals surface area contributed by atoms with Crippen molar-refractivity contribution in [2.75, 3.05) is 19.4 Å². The van der Waals surface area contributed by atoms with Crippen LogP contribution in [0.15, 0.2) is 12.1 Å². The number of carbonyl (C=O) groups is 7. The predicted octanol–water partition coefficient (Wildman–Crippen LogP) is 0.851. The maximum atomic E-state index is 14.8. The third kappa shape index (κ3) is 5.86. The number of nitrogens with two attached hydrogens (primary N) is 1. The molecule has 2 saturated carbocycles. The van der Waals surface area contributed by atoms with Gasteiger partial charge in [0.2, 0.25) is 17.3 Å². The molecule has 15 nitrogen and oxygen atoms in total. The van der Waals surface area contributed by atoms with Crippen molar-refractivity contribution in [2.24, 2.45) is 29.4 Å². The number of nitrogens with zero attached hydrogens (tertiary/aromatic N) is 1. The van der Waals surface area contributed by atoms with Gasteiger partial charge in [-0.15, -0.1) is 0 Å². The molecule has 1 aromatic rings. The molecular formula is C32H43N5O10. The number of phenols is 1. The van der Waals surface area contributed by atoms with E-state index in [1.54, 1.807) is 48.5 Å². The largest absolute Gasteiger partial charge is 0.505 e. The number of rotatable bonds is 4. The normalized spacial score (nSPS) is 30.6. The molecule has 2 fully saturated rings. The fourth-order valence-corrected chi connectivity index (χ4v) is 7.21. The van der Waals surface area contributed by atoms with E-state index in [1.807, 2.05) is 0 Å². The maximum Gasteiger partial charge on any atom is 0.409 e. The topological polar surface area (TPSA) is 235 Å². The summed E-state index contributed by atoms with van der Waals surface area (Å²) < 4.78 is 5.66. The highest BCUT2D eigenvalue weighted by molar-refractivity contribution is 6.33. The number of amides is 4. The Hall–Kier alpha value is -4.37. The molecule has 0 saturated heterocycles. The summed E-state index contributed by atoms with van der Waals surface area (Å²) in [7, 11) is 2.85. The molecule has 3 aliphatic carbocycles. The fourth-order valence-electron chi connectivity index (χ4n) is 7.21. The summed E-state index contributed by atoms with van der Waals surface area (Å²) in [6.45, 7) is 11.6. The van der Waals surface area contributed by atoms with E-state index in [4.69, 9.17) is 10.5 Å². The lowest BCUT2D eigenvalue weighted by molar-refractivity contribution is -0.197. The van der Waals surface area contributed by atoms with Crippen LogP contribution in [0.4, 0.5) is 15.3 Å². The molecule has 7 N–H and O–H groups in total. The molecule has 15 heteroatoms. The Bertz CT molecular complexity index is 1570. The minimum absolute atomic E-state index is 0.150. The van der Waals surface area contributed by atoms with Crippen LogP contribution in [0.1, 0.15) is 70.3 Å². The number of carbonyl (C=O) groups excluding carboxylic acids is 7. The van der Waals surface area contributed by atoms with Crippen molar-refractivity contribution in [2.45, 2.75) is 83.2 Å². The fraction of sp³-hybridized carbons (Fsp3) is 0.594. The molecule has 1 aromatic carbocycles. The number of nitrogens with one attached hydrogen (secondary N) is 3. The van der Waals surface area contributed by atoms with Gasteiger partial charge in [-0.25, -0.2) is 9.59 Å². The SMILES string of the molecule is C[C@@H]1c2ccc(NC(=O)NC(C)(C)C)c(O)c2C(=O)C2C(=O)[C@@]3(OC(=O)NC(C)(C)C)C(=O)C(C(N)=O)C(=O)[C@H](N(C)C)[C@H]3[C@H](O)[C@H]21. The lowest BCUT2D eigenvalue weighted by atomic mass is 9.49. The number of fused-ring (bicyclic) bond motifs is 3. The monoisotopic (exact) mass is 657 g/mol. The van der Waals surface area contributed by atoms with E-state index in [0.29, 0.717) is 0 Å². The van der Waals surface area contributed by atoms with Crippen molar-refractivity contribution in [3.63, 3.8) is 0 Å². The molecule has 8 atom stereocenters. The number of aliphatic hydroxyl groups excluding tert-OH is 1. The van der Waals surface area contributed by atoms with Crippen LogP contribution in [0.25, 0.3) is 0 Å². The number of hydrogen-bond donors (Lipinski definition) is 6. The minimum atomic E-state index is -3.00. The number of phenolic OH excluding ortho intramolecular Hbond substituents is 1. The number of Topliss-reactive ketones (excluding diaryl/α,β-unsaturated/α-hetero) is 4. The molecule has 0 bridgehead atoms. The second-order valence-electron chi connectivity index (χ2n) is 14.9. The molecule has 47 heavy (non-hydrogen) atoms. The summed E-state index contributed by atoms with van der Waals surface area (Å²) in [5.74, 6) is -14.7.